The van der Waals surface area contributed by atoms with Crippen molar-refractivity contribution in [3.63, 3.8) is 0 Å². The number of hydrogen-bond donors (Lipinski definition) is 1. The van der Waals surface area contributed by atoms with Gasteiger partial charge in [0.1, 0.15) is 5.75 Å². The van der Waals surface area contributed by atoms with Crippen molar-refractivity contribution in [2.24, 2.45) is 0 Å². The van der Waals surface area contributed by atoms with Gasteiger partial charge in [-0.05, 0) is 28.8 Å². The first-order valence-corrected chi connectivity index (χ1v) is 6.81. The summed E-state index contributed by atoms with van der Waals surface area (Å²) >= 11 is 0. The van der Waals surface area contributed by atoms with E-state index in [2.05, 4.69) is 30.8 Å². The molecule has 104 valence electrons. The van der Waals surface area contributed by atoms with Crippen LogP contribution in [-0.4, -0.2) is 5.11 Å². The van der Waals surface area contributed by atoms with E-state index in [9.17, 15) is 0 Å². The Bertz CT molecular complexity index is 616. The predicted octanol–water partition coefficient (Wildman–Crippen LogP) is 5.14. The minimum Gasteiger partial charge on any atom is -0.508 e. The van der Waals surface area contributed by atoms with Crippen LogP contribution in [0.3, 0.4) is 0 Å². The molecule has 3 rings (SSSR count). The van der Waals surface area contributed by atoms with E-state index in [1.54, 1.807) is 24.3 Å². The highest BCUT2D eigenvalue weighted by atomic mass is 16.3. The van der Waals surface area contributed by atoms with Crippen molar-refractivity contribution < 1.29 is 5.11 Å². The normalized spacial score (nSPS) is 9.33. The second-order valence-electron chi connectivity index (χ2n) is 4.55. The summed E-state index contributed by atoms with van der Waals surface area (Å²) in [6, 6.07) is 29.2. The van der Waals surface area contributed by atoms with E-state index in [-0.39, 0.29) is 0 Å². The van der Waals surface area contributed by atoms with Gasteiger partial charge in [-0.15, -0.1) is 0 Å². The zero-order chi connectivity index (χ0) is 14.9. The summed E-state index contributed by atoms with van der Waals surface area (Å²) in [5.74, 6) is 0.322. The molecule has 0 aliphatic rings. The molecule has 0 aromatic heterocycles. The fourth-order valence-corrected chi connectivity index (χ4v) is 1.87. The van der Waals surface area contributed by atoms with Crippen LogP contribution in [0.25, 0.3) is 5.57 Å². The third-order valence-corrected chi connectivity index (χ3v) is 3.00. The van der Waals surface area contributed by atoms with Gasteiger partial charge in [0.15, 0.2) is 0 Å². The Morgan fingerprint density at radius 2 is 0.905 bits per heavy atom. The summed E-state index contributed by atoms with van der Waals surface area (Å²) in [5, 5.41) is 8.63. The Kier molecular flexibility index (Phi) is 5.36. The van der Waals surface area contributed by atoms with E-state index in [0.29, 0.717) is 5.75 Å². The maximum Gasteiger partial charge on any atom is 0.115 e. The monoisotopic (exact) mass is 274 g/mol. The van der Waals surface area contributed by atoms with Crippen molar-refractivity contribution in [3.8, 4) is 5.75 Å². The summed E-state index contributed by atoms with van der Waals surface area (Å²) in [5.41, 5.74) is 3.43. The molecule has 1 heteroatoms. The minimum absolute atomic E-state index is 0.322. The molecule has 0 atom stereocenters. The van der Waals surface area contributed by atoms with Crippen LogP contribution in [0.5, 0.6) is 5.75 Å². The highest BCUT2D eigenvalue weighted by Crippen LogP contribution is 2.20. The summed E-state index contributed by atoms with van der Waals surface area (Å²) in [7, 11) is 0. The molecule has 0 radical (unpaired) electrons. The van der Waals surface area contributed by atoms with E-state index in [1.807, 2.05) is 42.5 Å². The molecule has 0 unspecified atom stereocenters. The zero-order valence-corrected chi connectivity index (χ0v) is 11.8. The van der Waals surface area contributed by atoms with Crippen molar-refractivity contribution in [1.29, 1.82) is 0 Å². The second kappa shape index (κ2) is 7.71. The molecule has 0 bridgehead atoms. The van der Waals surface area contributed by atoms with Crippen molar-refractivity contribution in [2.45, 2.75) is 0 Å². The summed E-state index contributed by atoms with van der Waals surface area (Å²) < 4.78 is 0. The summed E-state index contributed by atoms with van der Waals surface area (Å²) in [4.78, 5) is 0. The molecule has 0 saturated carbocycles. The first-order valence-electron chi connectivity index (χ1n) is 6.81. The quantitative estimate of drug-likeness (QED) is 0.686. The smallest absolute Gasteiger partial charge is 0.115 e. The largest absolute Gasteiger partial charge is 0.508 e. The van der Waals surface area contributed by atoms with Gasteiger partial charge >= 0.3 is 0 Å². The van der Waals surface area contributed by atoms with Gasteiger partial charge in [-0.2, -0.15) is 0 Å². The third kappa shape index (κ3) is 4.66. The first-order chi connectivity index (χ1) is 10.3. The second-order valence-corrected chi connectivity index (χ2v) is 4.55. The fourth-order valence-electron chi connectivity index (χ4n) is 1.87. The topological polar surface area (TPSA) is 20.2 Å². The average Bonchev–Trinajstić information content (AvgIpc) is 2.57. The third-order valence-electron chi connectivity index (χ3n) is 3.00. The number of phenolic OH excluding ortho intramolecular Hbond substituents is 1. The van der Waals surface area contributed by atoms with Gasteiger partial charge in [-0.3, -0.25) is 0 Å². The van der Waals surface area contributed by atoms with Gasteiger partial charge in [0, 0.05) is 0 Å². The summed E-state index contributed by atoms with van der Waals surface area (Å²) in [6.07, 6.45) is 0. The Morgan fingerprint density at radius 1 is 0.571 bits per heavy atom. The van der Waals surface area contributed by atoms with Crippen LogP contribution >= 0.6 is 0 Å². The molecule has 0 aliphatic heterocycles. The molecule has 1 N–H and O–H groups in total. The molecule has 21 heavy (non-hydrogen) atoms. The van der Waals surface area contributed by atoms with Gasteiger partial charge < -0.3 is 5.11 Å². The van der Waals surface area contributed by atoms with Crippen LogP contribution in [0.1, 0.15) is 11.1 Å². The Morgan fingerprint density at radius 3 is 1.19 bits per heavy atom. The lowest BCUT2D eigenvalue weighted by molar-refractivity contribution is 0.475. The number of para-hydroxylation sites is 1. The van der Waals surface area contributed by atoms with E-state index in [4.69, 9.17) is 5.11 Å². The molecular formula is C20H18O. The van der Waals surface area contributed by atoms with Crippen LogP contribution < -0.4 is 0 Å². The van der Waals surface area contributed by atoms with Crippen LogP contribution in [-0.2, 0) is 0 Å². The van der Waals surface area contributed by atoms with Crippen LogP contribution in [0.4, 0.5) is 0 Å². The number of aromatic hydroxyl groups is 1. The van der Waals surface area contributed by atoms with Gasteiger partial charge in [-0.1, -0.05) is 85.4 Å². The number of phenols is 1. The van der Waals surface area contributed by atoms with Crippen LogP contribution in [0, 0.1) is 0 Å². The predicted molar refractivity (Wildman–Crippen MR) is 89.1 cm³/mol. The SMILES string of the molecule is C=C(c1ccccc1)c1ccccc1.Oc1ccccc1. The number of rotatable bonds is 2. The van der Waals surface area contributed by atoms with Crippen molar-refractivity contribution >= 4 is 5.57 Å². The Labute approximate surface area is 125 Å². The van der Waals surface area contributed by atoms with Gasteiger partial charge in [0.2, 0.25) is 0 Å². The lowest BCUT2D eigenvalue weighted by Gasteiger charge is -2.04. The molecule has 0 amide bonds. The maximum absolute atomic E-state index is 8.63. The molecule has 0 saturated heterocycles. The van der Waals surface area contributed by atoms with E-state index in [1.165, 1.54) is 11.1 Å². The lowest BCUT2D eigenvalue weighted by Crippen LogP contribution is -1.84. The Balaban J connectivity index is 0.000000194. The molecule has 0 aliphatic carbocycles. The number of hydrogen-bond acceptors (Lipinski definition) is 1. The van der Waals surface area contributed by atoms with Gasteiger partial charge in [-0.25, -0.2) is 0 Å². The lowest BCUT2D eigenvalue weighted by atomic mass is 10.0. The molecule has 0 spiro atoms. The standard InChI is InChI=1S/C14H12.C6H6O/c1-12(13-8-4-2-5-9-13)14-10-6-3-7-11-14;7-6-4-2-1-3-5-6/h2-11H,1H2;1-5,7H. The van der Waals surface area contributed by atoms with E-state index < -0.39 is 0 Å². The molecule has 3 aromatic rings. The van der Waals surface area contributed by atoms with E-state index >= 15 is 0 Å². The van der Waals surface area contributed by atoms with Crippen molar-refractivity contribution in [2.75, 3.05) is 0 Å². The summed E-state index contributed by atoms with van der Waals surface area (Å²) in [6.45, 7) is 4.10. The molecule has 3 aromatic carbocycles. The average molecular weight is 274 g/mol. The Hall–Kier alpha value is -2.80. The van der Waals surface area contributed by atoms with Gasteiger partial charge in [0.25, 0.3) is 0 Å². The molecule has 0 fully saturated rings. The van der Waals surface area contributed by atoms with Crippen molar-refractivity contribution in [1.82, 2.24) is 0 Å². The molecule has 1 nitrogen and oxygen atoms in total. The first kappa shape index (κ1) is 14.6. The highest BCUT2D eigenvalue weighted by Gasteiger charge is 1.99. The molecular weight excluding hydrogens is 256 g/mol. The van der Waals surface area contributed by atoms with E-state index in [0.717, 1.165) is 5.57 Å². The highest BCUT2D eigenvalue weighted by molar-refractivity contribution is 5.77. The van der Waals surface area contributed by atoms with Crippen molar-refractivity contribution in [3.05, 3.63) is 109 Å². The fraction of sp³-hybridized carbons (Fsp3) is 0. The zero-order valence-electron chi connectivity index (χ0n) is 11.8. The number of benzene rings is 3. The molecule has 0 heterocycles. The minimum atomic E-state index is 0.322. The maximum atomic E-state index is 8.63. The van der Waals surface area contributed by atoms with Crippen LogP contribution in [0.2, 0.25) is 0 Å². The van der Waals surface area contributed by atoms with Crippen LogP contribution in [0.15, 0.2) is 97.6 Å². The van der Waals surface area contributed by atoms with Gasteiger partial charge in [0.05, 0.1) is 0 Å².